The van der Waals surface area contributed by atoms with E-state index in [0.717, 1.165) is 22.2 Å². The van der Waals surface area contributed by atoms with Crippen molar-refractivity contribution in [1.29, 1.82) is 0 Å². The van der Waals surface area contributed by atoms with Crippen LogP contribution in [0.15, 0.2) is 21.1 Å². The van der Waals surface area contributed by atoms with Crippen LogP contribution in [0.4, 0.5) is 0 Å². The molecule has 0 atom stereocenters. The second-order valence-corrected chi connectivity index (χ2v) is 16.6. The molecular weight excluding hydrogens is 432 g/mol. The highest BCUT2D eigenvalue weighted by Gasteiger charge is 2.28. The predicted octanol–water partition coefficient (Wildman–Crippen LogP) is 6.26. The third-order valence-corrected chi connectivity index (χ3v) is 13.3. The van der Waals surface area contributed by atoms with E-state index in [1.54, 1.807) is 10.4 Å². The van der Waals surface area contributed by atoms with Crippen molar-refractivity contribution in [3.63, 3.8) is 0 Å². The third-order valence-electron chi connectivity index (χ3n) is 4.17. The lowest BCUT2D eigenvalue weighted by atomic mass is 10.3. The first-order valence-corrected chi connectivity index (χ1v) is 13.2. The van der Waals surface area contributed by atoms with E-state index in [1.165, 1.54) is 8.95 Å². The molecule has 0 aliphatic heterocycles. The lowest BCUT2D eigenvalue weighted by molar-refractivity contribution is 0.948. The van der Waals surface area contributed by atoms with Crippen molar-refractivity contribution < 1.29 is 0 Å². The van der Waals surface area contributed by atoms with Crippen LogP contribution in [0.25, 0.3) is 0 Å². The van der Waals surface area contributed by atoms with Crippen molar-refractivity contribution in [2.75, 3.05) is 0 Å². The summed E-state index contributed by atoms with van der Waals surface area (Å²) >= 11 is 7.81. The minimum absolute atomic E-state index is 0.556. The Morgan fingerprint density at radius 3 is 1.00 bits per heavy atom. The molecule has 0 N–H and O–H groups in total. The van der Waals surface area contributed by atoms with Crippen LogP contribution in [0.2, 0.25) is 22.2 Å². The van der Waals surface area contributed by atoms with Gasteiger partial charge in [0.1, 0.15) is 0 Å². The van der Waals surface area contributed by atoms with Crippen molar-refractivity contribution in [1.82, 2.24) is 0 Å². The highest BCUT2D eigenvalue weighted by atomic mass is 79.9. The van der Waals surface area contributed by atoms with Gasteiger partial charge in [-0.05, 0) is 44.7 Å². The smallest absolute Gasteiger partial charge is 0.0650 e. The maximum Gasteiger partial charge on any atom is 0.0926 e. The first-order valence-electron chi connectivity index (χ1n) is 8.31. The molecular formula is C18H30Br2Si2. The summed E-state index contributed by atoms with van der Waals surface area (Å²) in [6.45, 7) is 19.0. The molecule has 0 fully saturated rings. The summed E-state index contributed by atoms with van der Waals surface area (Å²) in [5, 5.41) is 3.11. The van der Waals surface area contributed by atoms with Gasteiger partial charge in [0, 0.05) is 8.95 Å². The summed E-state index contributed by atoms with van der Waals surface area (Å²) in [4.78, 5) is 0. The van der Waals surface area contributed by atoms with Gasteiger partial charge in [-0.2, -0.15) is 0 Å². The molecule has 0 aromatic heterocycles. The summed E-state index contributed by atoms with van der Waals surface area (Å²) in [6.07, 6.45) is 0. The standard InChI is InChI=1S/C18H30Br2Si2/c1-11(2)21(12(3)4)17-9-16(20)18(10-15(17)19)22(13(5)6)14(7)8/h9-14H,1-8H3. The van der Waals surface area contributed by atoms with Gasteiger partial charge in [0.2, 0.25) is 0 Å². The Morgan fingerprint density at radius 2 is 0.818 bits per heavy atom. The van der Waals surface area contributed by atoms with E-state index in [9.17, 15) is 0 Å². The van der Waals surface area contributed by atoms with E-state index in [1.807, 2.05) is 0 Å². The zero-order valence-electron chi connectivity index (χ0n) is 15.2. The number of hydrogen-bond acceptors (Lipinski definition) is 0. The summed E-state index contributed by atoms with van der Waals surface area (Å²) in [5.41, 5.74) is 3.00. The molecule has 22 heavy (non-hydrogen) atoms. The van der Waals surface area contributed by atoms with Crippen molar-refractivity contribution >= 4 is 59.8 Å². The van der Waals surface area contributed by atoms with Crippen LogP contribution in [0, 0.1) is 0 Å². The molecule has 1 aromatic carbocycles. The Hall–Kier alpha value is 0.614. The van der Waals surface area contributed by atoms with Crippen LogP contribution in [0.5, 0.6) is 0 Å². The minimum Gasteiger partial charge on any atom is -0.0650 e. The molecule has 124 valence electrons. The van der Waals surface area contributed by atoms with Gasteiger partial charge in [0.25, 0.3) is 0 Å². The van der Waals surface area contributed by atoms with E-state index < -0.39 is 17.6 Å². The van der Waals surface area contributed by atoms with Crippen molar-refractivity contribution in [3.05, 3.63) is 21.1 Å². The first kappa shape index (κ1) is 20.7. The molecule has 4 heteroatoms. The molecule has 0 saturated heterocycles. The van der Waals surface area contributed by atoms with Crippen LogP contribution in [-0.4, -0.2) is 17.6 Å². The van der Waals surface area contributed by atoms with Crippen molar-refractivity contribution in [2.45, 2.75) is 77.6 Å². The Bertz CT molecular complexity index is 434. The average molecular weight is 462 g/mol. The van der Waals surface area contributed by atoms with Crippen LogP contribution >= 0.6 is 31.9 Å². The monoisotopic (exact) mass is 460 g/mol. The van der Waals surface area contributed by atoms with Crippen LogP contribution < -0.4 is 10.4 Å². The molecule has 0 amide bonds. The fraction of sp³-hybridized carbons (Fsp3) is 0.667. The molecule has 0 saturated carbocycles. The summed E-state index contributed by atoms with van der Waals surface area (Å²) in [5.74, 6) is 0. The Morgan fingerprint density at radius 1 is 0.591 bits per heavy atom. The van der Waals surface area contributed by atoms with Gasteiger partial charge in [-0.3, -0.25) is 0 Å². The molecule has 2 radical (unpaired) electrons. The van der Waals surface area contributed by atoms with Crippen molar-refractivity contribution in [2.24, 2.45) is 0 Å². The minimum atomic E-state index is -0.556. The molecule has 0 aliphatic rings. The Labute approximate surface area is 158 Å². The number of benzene rings is 1. The van der Waals surface area contributed by atoms with Crippen LogP contribution in [-0.2, 0) is 0 Å². The Balaban J connectivity index is 3.38. The van der Waals surface area contributed by atoms with Gasteiger partial charge in [-0.15, -0.1) is 0 Å². The fourth-order valence-corrected chi connectivity index (χ4v) is 12.5. The highest BCUT2D eigenvalue weighted by Crippen LogP contribution is 2.27. The number of halogens is 2. The largest absolute Gasteiger partial charge is 0.0926 e. The quantitative estimate of drug-likeness (QED) is 0.438. The predicted molar refractivity (Wildman–Crippen MR) is 113 cm³/mol. The van der Waals surface area contributed by atoms with Crippen molar-refractivity contribution in [3.8, 4) is 0 Å². The van der Waals surface area contributed by atoms with Gasteiger partial charge >= 0.3 is 0 Å². The van der Waals surface area contributed by atoms with Gasteiger partial charge < -0.3 is 0 Å². The zero-order chi connectivity index (χ0) is 17.2. The van der Waals surface area contributed by atoms with Gasteiger partial charge in [-0.25, -0.2) is 0 Å². The second kappa shape index (κ2) is 8.63. The fourth-order valence-electron chi connectivity index (χ4n) is 3.57. The summed E-state index contributed by atoms with van der Waals surface area (Å²) in [6, 6.07) is 4.87. The Kier molecular flexibility index (Phi) is 8.11. The van der Waals surface area contributed by atoms with Crippen LogP contribution in [0.1, 0.15) is 55.4 Å². The normalized spacial score (nSPS) is 12.7. The van der Waals surface area contributed by atoms with E-state index in [-0.39, 0.29) is 0 Å². The molecule has 0 nitrogen and oxygen atoms in total. The van der Waals surface area contributed by atoms with Crippen LogP contribution in [0.3, 0.4) is 0 Å². The molecule has 0 aliphatic carbocycles. The maximum absolute atomic E-state index is 3.91. The van der Waals surface area contributed by atoms with E-state index in [0.29, 0.717) is 0 Å². The molecule has 0 spiro atoms. The molecule has 1 rings (SSSR count). The zero-order valence-corrected chi connectivity index (χ0v) is 20.4. The van der Waals surface area contributed by atoms with Gasteiger partial charge in [0.15, 0.2) is 0 Å². The van der Waals surface area contributed by atoms with Gasteiger partial charge in [0.05, 0.1) is 17.6 Å². The highest BCUT2D eigenvalue weighted by molar-refractivity contribution is 9.11. The topological polar surface area (TPSA) is 0 Å². The average Bonchev–Trinajstić information content (AvgIpc) is 2.33. The number of hydrogen-bond donors (Lipinski definition) is 0. The lowest BCUT2D eigenvalue weighted by Gasteiger charge is -2.28. The SMILES string of the molecule is CC(C)[Si](c1cc(Br)c([Si](C(C)C)C(C)C)cc1Br)C(C)C. The molecule has 0 heterocycles. The molecule has 0 unspecified atom stereocenters. The second-order valence-electron chi connectivity index (χ2n) is 7.34. The number of rotatable bonds is 6. The third kappa shape index (κ3) is 4.81. The van der Waals surface area contributed by atoms with Gasteiger partial charge in [-0.1, -0.05) is 87.2 Å². The summed E-state index contributed by atoms with van der Waals surface area (Å²) < 4.78 is 2.68. The molecule has 1 aromatic rings. The first-order chi connectivity index (χ1) is 10.1. The van der Waals surface area contributed by atoms with E-state index in [4.69, 9.17) is 0 Å². The molecule has 0 bridgehead atoms. The maximum atomic E-state index is 3.91. The van der Waals surface area contributed by atoms with E-state index >= 15 is 0 Å². The summed E-state index contributed by atoms with van der Waals surface area (Å²) in [7, 11) is -1.11. The lowest BCUT2D eigenvalue weighted by Crippen LogP contribution is -2.41. The van der Waals surface area contributed by atoms with E-state index in [2.05, 4.69) is 99.4 Å².